The van der Waals surface area contributed by atoms with E-state index < -0.39 is 18.5 Å². The van der Waals surface area contributed by atoms with E-state index >= 15 is 0 Å². The smallest absolute Gasteiger partial charge is 0.308 e. The van der Waals surface area contributed by atoms with E-state index in [4.69, 9.17) is 4.74 Å². The second-order valence-electron chi connectivity index (χ2n) is 7.68. The first-order valence-electron chi connectivity index (χ1n) is 10.4. The predicted molar refractivity (Wildman–Crippen MR) is 121 cm³/mol. The fourth-order valence-corrected chi connectivity index (χ4v) is 2.79. The number of amides is 3. The summed E-state index contributed by atoms with van der Waals surface area (Å²) in [5.74, 6) is -1.46. The molecule has 0 heterocycles. The van der Waals surface area contributed by atoms with Crippen molar-refractivity contribution in [1.82, 2.24) is 10.6 Å². The lowest BCUT2D eigenvalue weighted by Crippen LogP contribution is -2.29. The molecule has 0 aliphatic carbocycles. The van der Waals surface area contributed by atoms with Crippen LogP contribution in [0.25, 0.3) is 0 Å². The van der Waals surface area contributed by atoms with Crippen molar-refractivity contribution in [2.24, 2.45) is 5.92 Å². The Hall–Kier alpha value is -3.68. The van der Waals surface area contributed by atoms with E-state index in [1.807, 2.05) is 32.9 Å². The number of benzene rings is 2. The van der Waals surface area contributed by atoms with E-state index in [0.717, 1.165) is 5.56 Å². The number of hydrogen-bond donors (Lipinski definition) is 3. The molecule has 0 unspecified atom stereocenters. The van der Waals surface area contributed by atoms with Crippen LogP contribution in [-0.4, -0.2) is 43.4 Å². The molecule has 3 amide bonds. The Morgan fingerprint density at radius 3 is 2.19 bits per heavy atom. The van der Waals surface area contributed by atoms with Crippen LogP contribution < -0.4 is 16.0 Å². The molecule has 0 aromatic heterocycles. The zero-order chi connectivity index (χ0) is 23.5. The summed E-state index contributed by atoms with van der Waals surface area (Å²) in [6.45, 7) is 5.90. The van der Waals surface area contributed by atoms with Gasteiger partial charge in [0.05, 0.1) is 17.7 Å². The second kappa shape index (κ2) is 12.2. The second-order valence-corrected chi connectivity index (χ2v) is 7.68. The van der Waals surface area contributed by atoms with Gasteiger partial charge >= 0.3 is 5.97 Å². The average Bonchev–Trinajstić information content (AvgIpc) is 2.76. The van der Waals surface area contributed by atoms with Crippen molar-refractivity contribution in [1.29, 1.82) is 0 Å². The van der Waals surface area contributed by atoms with E-state index in [1.54, 1.807) is 36.4 Å². The van der Waals surface area contributed by atoms with Gasteiger partial charge in [0.1, 0.15) is 0 Å². The molecular formula is C24H29N3O5. The number of aryl methyl sites for hydroxylation is 1. The largest absolute Gasteiger partial charge is 0.456 e. The molecule has 8 heteroatoms. The summed E-state index contributed by atoms with van der Waals surface area (Å²) in [5, 5.41) is 8.04. The first-order chi connectivity index (χ1) is 15.3. The van der Waals surface area contributed by atoms with Crippen molar-refractivity contribution in [3.8, 4) is 0 Å². The molecule has 170 valence electrons. The molecule has 0 aliphatic heterocycles. The first-order valence-corrected chi connectivity index (χ1v) is 10.4. The number of carbonyl (C=O) groups excluding carboxylic acids is 4. The van der Waals surface area contributed by atoms with Crippen molar-refractivity contribution in [2.45, 2.75) is 27.2 Å². The number of ether oxygens (including phenoxy) is 1. The number of nitrogens with one attached hydrogen (secondary N) is 3. The molecule has 32 heavy (non-hydrogen) atoms. The summed E-state index contributed by atoms with van der Waals surface area (Å²) in [7, 11) is 0. The Morgan fingerprint density at radius 1 is 0.875 bits per heavy atom. The minimum Gasteiger partial charge on any atom is -0.456 e. The minimum absolute atomic E-state index is 0.0703. The lowest BCUT2D eigenvalue weighted by molar-refractivity contribution is -0.147. The van der Waals surface area contributed by atoms with Crippen molar-refractivity contribution in [3.63, 3.8) is 0 Å². The zero-order valence-electron chi connectivity index (χ0n) is 18.6. The van der Waals surface area contributed by atoms with Crippen LogP contribution in [0.4, 0.5) is 5.69 Å². The van der Waals surface area contributed by atoms with Gasteiger partial charge in [0.15, 0.2) is 6.61 Å². The van der Waals surface area contributed by atoms with Gasteiger partial charge in [-0.25, -0.2) is 0 Å². The molecule has 0 spiro atoms. The van der Waals surface area contributed by atoms with Gasteiger partial charge in [-0.15, -0.1) is 0 Å². The topological polar surface area (TPSA) is 114 Å². The number of esters is 1. The van der Waals surface area contributed by atoms with Crippen LogP contribution in [0.15, 0.2) is 48.5 Å². The molecule has 0 fully saturated rings. The van der Waals surface area contributed by atoms with Crippen LogP contribution in [-0.2, 0) is 14.3 Å². The van der Waals surface area contributed by atoms with Crippen LogP contribution >= 0.6 is 0 Å². The summed E-state index contributed by atoms with van der Waals surface area (Å²) in [6, 6.07) is 13.7. The number of carbonyl (C=O) groups is 4. The Morgan fingerprint density at radius 2 is 1.50 bits per heavy atom. The van der Waals surface area contributed by atoms with Gasteiger partial charge in [-0.1, -0.05) is 44.2 Å². The number of anilines is 1. The maximum Gasteiger partial charge on any atom is 0.308 e. The predicted octanol–water partition coefficient (Wildman–Crippen LogP) is 2.68. The van der Waals surface area contributed by atoms with Gasteiger partial charge in [-0.05, 0) is 36.6 Å². The Balaban J connectivity index is 1.77. The average molecular weight is 440 g/mol. The molecule has 2 aromatic rings. The number of para-hydroxylation sites is 1. The molecular weight excluding hydrogens is 410 g/mol. The van der Waals surface area contributed by atoms with Gasteiger partial charge < -0.3 is 20.7 Å². The van der Waals surface area contributed by atoms with Crippen molar-refractivity contribution in [2.75, 3.05) is 25.0 Å². The van der Waals surface area contributed by atoms with Gasteiger partial charge in [0.25, 0.3) is 17.7 Å². The van der Waals surface area contributed by atoms with Crippen LogP contribution in [0.1, 0.15) is 46.5 Å². The fraction of sp³-hybridized carbons (Fsp3) is 0.333. The first kappa shape index (κ1) is 24.6. The lowest BCUT2D eigenvalue weighted by atomic mass is 10.1. The molecule has 3 N–H and O–H groups in total. The lowest BCUT2D eigenvalue weighted by Gasteiger charge is -2.12. The van der Waals surface area contributed by atoms with Gasteiger partial charge in [0, 0.05) is 18.7 Å². The molecule has 0 saturated carbocycles. The van der Waals surface area contributed by atoms with Crippen LogP contribution in [0, 0.1) is 12.8 Å². The van der Waals surface area contributed by atoms with Crippen LogP contribution in [0.2, 0.25) is 0 Å². The Bertz CT molecular complexity index is 972. The molecule has 2 aromatic carbocycles. The van der Waals surface area contributed by atoms with Crippen LogP contribution in [0.5, 0.6) is 0 Å². The van der Waals surface area contributed by atoms with Gasteiger partial charge in [-0.3, -0.25) is 19.2 Å². The fourth-order valence-electron chi connectivity index (χ4n) is 2.79. The van der Waals surface area contributed by atoms with Crippen LogP contribution in [0.3, 0.4) is 0 Å². The number of rotatable bonds is 10. The van der Waals surface area contributed by atoms with Crippen molar-refractivity contribution >= 4 is 29.4 Å². The van der Waals surface area contributed by atoms with E-state index in [9.17, 15) is 19.2 Å². The molecule has 0 saturated heterocycles. The maximum absolute atomic E-state index is 12.3. The molecule has 8 nitrogen and oxygen atoms in total. The highest BCUT2D eigenvalue weighted by molar-refractivity contribution is 6.04. The number of hydrogen-bond acceptors (Lipinski definition) is 5. The maximum atomic E-state index is 12.3. The van der Waals surface area contributed by atoms with Gasteiger partial charge in [0.2, 0.25) is 0 Å². The molecule has 2 rings (SSSR count). The van der Waals surface area contributed by atoms with E-state index in [-0.39, 0.29) is 24.8 Å². The highest BCUT2D eigenvalue weighted by Crippen LogP contribution is 2.15. The third-order valence-electron chi connectivity index (χ3n) is 4.49. The molecule has 0 bridgehead atoms. The highest BCUT2D eigenvalue weighted by Gasteiger charge is 2.15. The molecule has 0 atom stereocenters. The van der Waals surface area contributed by atoms with Crippen molar-refractivity contribution in [3.05, 3.63) is 65.2 Å². The molecule has 0 aliphatic rings. The third-order valence-corrected chi connectivity index (χ3v) is 4.49. The summed E-state index contributed by atoms with van der Waals surface area (Å²) in [5.41, 5.74) is 2.03. The summed E-state index contributed by atoms with van der Waals surface area (Å²) in [4.78, 5) is 48.5. The quantitative estimate of drug-likeness (QED) is 0.493. The van der Waals surface area contributed by atoms with E-state index in [0.29, 0.717) is 29.3 Å². The summed E-state index contributed by atoms with van der Waals surface area (Å²) in [6.07, 6.45) is -0.0703. The van der Waals surface area contributed by atoms with E-state index in [2.05, 4.69) is 16.0 Å². The van der Waals surface area contributed by atoms with Crippen molar-refractivity contribution < 1.29 is 23.9 Å². The summed E-state index contributed by atoms with van der Waals surface area (Å²) < 4.78 is 4.96. The minimum atomic E-state index is -0.617. The van der Waals surface area contributed by atoms with E-state index in [1.165, 1.54) is 0 Å². The molecule has 0 radical (unpaired) electrons. The summed E-state index contributed by atoms with van der Waals surface area (Å²) >= 11 is 0. The van der Waals surface area contributed by atoms with Gasteiger partial charge in [-0.2, -0.15) is 0 Å². The Labute approximate surface area is 187 Å². The SMILES string of the molecule is Cc1ccccc1C(=O)NCCC(=O)OCC(=O)Nc1ccccc1C(=O)NCC(C)C. The Kier molecular flexibility index (Phi) is 9.41. The standard InChI is InChI=1S/C24H29N3O5/c1-16(2)14-26-24(31)19-10-6-7-11-20(19)27-21(28)15-32-22(29)12-13-25-23(30)18-9-5-4-8-17(18)3/h4-11,16H,12-15H2,1-3H3,(H,25,30)(H,26,31)(H,27,28). The zero-order valence-corrected chi connectivity index (χ0v) is 18.6. The third kappa shape index (κ3) is 7.86. The monoisotopic (exact) mass is 439 g/mol. The highest BCUT2D eigenvalue weighted by atomic mass is 16.5. The normalized spacial score (nSPS) is 10.4.